The van der Waals surface area contributed by atoms with Crippen LogP contribution in [-0.2, 0) is 6.54 Å². The molecule has 1 aromatic heterocycles. The van der Waals surface area contributed by atoms with Gasteiger partial charge in [-0.15, -0.1) is 0 Å². The smallest absolute Gasteiger partial charge is 0.157 e. The average Bonchev–Trinajstić information content (AvgIpc) is 2.76. The number of hydrogen-bond acceptors (Lipinski definition) is 3. The van der Waals surface area contributed by atoms with Gasteiger partial charge in [0, 0.05) is 13.1 Å². The summed E-state index contributed by atoms with van der Waals surface area (Å²) in [6.07, 6.45) is 7.71. The van der Waals surface area contributed by atoms with Crippen molar-refractivity contribution in [2.75, 3.05) is 13.1 Å². The summed E-state index contributed by atoms with van der Waals surface area (Å²) in [4.78, 5) is 0. The summed E-state index contributed by atoms with van der Waals surface area (Å²) in [5.41, 5.74) is 0. The monoisotopic (exact) mass is 239 g/mol. The first-order chi connectivity index (χ1) is 8.26. The van der Waals surface area contributed by atoms with Gasteiger partial charge in [-0.3, -0.25) is 4.68 Å². The Morgan fingerprint density at radius 3 is 2.88 bits per heavy atom. The fourth-order valence-electron chi connectivity index (χ4n) is 1.66. The molecule has 1 N–H and O–H groups in total. The number of nitrogens with one attached hydrogen (secondary N) is 1. The summed E-state index contributed by atoms with van der Waals surface area (Å²) < 4.78 is 7.63. The lowest BCUT2D eigenvalue weighted by atomic mass is 10.2. The Labute approximate surface area is 104 Å². The van der Waals surface area contributed by atoms with E-state index < -0.39 is 0 Å². The summed E-state index contributed by atoms with van der Waals surface area (Å²) >= 11 is 0. The molecule has 1 atom stereocenters. The minimum absolute atomic E-state index is 0.186. The van der Waals surface area contributed by atoms with Crippen LogP contribution in [0.25, 0.3) is 0 Å². The highest BCUT2D eigenvalue weighted by molar-refractivity contribution is 5.12. The topological polar surface area (TPSA) is 39.1 Å². The predicted molar refractivity (Wildman–Crippen MR) is 70.4 cm³/mol. The molecule has 1 rings (SSSR count). The molecular formula is C13H25N3O. The number of nitrogens with zero attached hydrogens (tertiary/aromatic N) is 2. The summed E-state index contributed by atoms with van der Waals surface area (Å²) in [5, 5.41) is 7.59. The van der Waals surface area contributed by atoms with Gasteiger partial charge in [0.05, 0.1) is 12.4 Å². The van der Waals surface area contributed by atoms with Crippen molar-refractivity contribution in [1.29, 1.82) is 0 Å². The molecule has 1 heterocycles. The Kier molecular flexibility index (Phi) is 6.70. The van der Waals surface area contributed by atoms with Crippen LogP contribution in [0.2, 0.25) is 0 Å². The Balaban J connectivity index is 2.13. The molecule has 1 unspecified atom stereocenters. The van der Waals surface area contributed by atoms with Crippen molar-refractivity contribution in [3.63, 3.8) is 0 Å². The van der Waals surface area contributed by atoms with Gasteiger partial charge in [-0.1, -0.05) is 19.8 Å². The Bertz CT molecular complexity index is 299. The van der Waals surface area contributed by atoms with Gasteiger partial charge in [-0.25, -0.2) is 0 Å². The SMILES string of the molecule is CCCCCNCC(C)Oc1cnn(CC)c1. The van der Waals surface area contributed by atoms with Crippen molar-refractivity contribution in [2.45, 2.75) is 52.7 Å². The maximum Gasteiger partial charge on any atom is 0.157 e. The Hall–Kier alpha value is -1.03. The van der Waals surface area contributed by atoms with E-state index in [1.54, 1.807) is 6.20 Å². The van der Waals surface area contributed by atoms with E-state index in [0.29, 0.717) is 0 Å². The number of hydrogen-bond donors (Lipinski definition) is 1. The Morgan fingerprint density at radius 1 is 1.41 bits per heavy atom. The van der Waals surface area contributed by atoms with Crippen molar-refractivity contribution >= 4 is 0 Å². The molecule has 0 aliphatic heterocycles. The number of aromatic nitrogens is 2. The molecule has 0 bridgehead atoms. The zero-order chi connectivity index (χ0) is 12.5. The summed E-state index contributed by atoms with van der Waals surface area (Å²) in [5.74, 6) is 0.856. The number of rotatable bonds is 9. The summed E-state index contributed by atoms with van der Waals surface area (Å²) in [6, 6.07) is 0. The first-order valence-electron chi connectivity index (χ1n) is 6.66. The maximum atomic E-state index is 5.76. The molecule has 0 amide bonds. The van der Waals surface area contributed by atoms with E-state index in [2.05, 4.69) is 31.2 Å². The third-order valence-electron chi connectivity index (χ3n) is 2.66. The summed E-state index contributed by atoms with van der Waals surface area (Å²) in [6.45, 7) is 9.21. The molecule has 0 radical (unpaired) electrons. The predicted octanol–water partition coefficient (Wildman–Crippen LogP) is 2.45. The van der Waals surface area contributed by atoms with Crippen LogP contribution >= 0.6 is 0 Å². The van der Waals surface area contributed by atoms with Gasteiger partial charge < -0.3 is 10.1 Å². The highest BCUT2D eigenvalue weighted by atomic mass is 16.5. The zero-order valence-corrected chi connectivity index (χ0v) is 11.3. The highest BCUT2D eigenvalue weighted by Crippen LogP contribution is 2.10. The molecule has 4 nitrogen and oxygen atoms in total. The molecule has 0 saturated carbocycles. The highest BCUT2D eigenvalue weighted by Gasteiger charge is 2.05. The van der Waals surface area contributed by atoms with Crippen molar-refractivity contribution in [2.24, 2.45) is 0 Å². The summed E-state index contributed by atoms with van der Waals surface area (Å²) in [7, 11) is 0. The molecule has 0 spiro atoms. The zero-order valence-electron chi connectivity index (χ0n) is 11.3. The first kappa shape index (κ1) is 14.0. The molecule has 1 aromatic rings. The molecule has 0 aliphatic rings. The minimum atomic E-state index is 0.186. The van der Waals surface area contributed by atoms with Crippen LogP contribution in [0.5, 0.6) is 5.75 Å². The maximum absolute atomic E-state index is 5.76. The van der Waals surface area contributed by atoms with E-state index in [1.807, 2.05) is 10.9 Å². The quantitative estimate of drug-likeness (QED) is 0.673. The van der Waals surface area contributed by atoms with E-state index in [-0.39, 0.29) is 6.10 Å². The third kappa shape index (κ3) is 5.73. The first-order valence-corrected chi connectivity index (χ1v) is 6.66. The van der Waals surface area contributed by atoms with Gasteiger partial charge in [-0.05, 0) is 26.8 Å². The van der Waals surface area contributed by atoms with Gasteiger partial charge in [0.25, 0.3) is 0 Å². The molecule has 4 heteroatoms. The second kappa shape index (κ2) is 8.12. The fraction of sp³-hybridized carbons (Fsp3) is 0.769. The van der Waals surface area contributed by atoms with E-state index >= 15 is 0 Å². The molecule has 0 aromatic carbocycles. The van der Waals surface area contributed by atoms with Crippen LogP contribution in [0, 0.1) is 0 Å². The third-order valence-corrected chi connectivity index (χ3v) is 2.66. The lowest BCUT2D eigenvalue weighted by Gasteiger charge is -2.13. The Morgan fingerprint density at radius 2 is 2.24 bits per heavy atom. The van der Waals surface area contributed by atoms with Gasteiger partial charge >= 0.3 is 0 Å². The second-order valence-electron chi connectivity index (χ2n) is 4.37. The molecule has 0 fully saturated rings. The molecule has 0 saturated heterocycles. The van der Waals surface area contributed by atoms with E-state index in [4.69, 9.17) is 4.74 Å². The number of unbranched alkanes of at least 4 members (excludes halogenated alkanes) is 2. The van der Waals surface area contributed by atoms with Crippen LogP contribution < -0.4 is 10.1 Å². The molecular weight excluding hydrogens is 214 g/mol. The molecule has 0 aliphatic carbocycles. The van der Waals surface area contributed by atoms with Crippen molar-refractivity contribution in [3.05, 3.63) is 12.4 Å². The van der Waals surface area contributed by atoms with Crippen molar-refractivity contribution in [1.82, 2.24) is 15.1 Å². The van der Waals surface area contributed by atoms with Crippen molar-refractivity contribution < 1.29 is 4.74 Å². The van der Waals surface area contributed by atoms with E-state index in [1.165, 1.54) is 19.3 Å². The normalized spacial score (nSPS) is 12.6. The van der Waals surface area contributed by atoms with Gasteiger partial charge in [0.2, 0.25) is 0 Å². The van der Waals surface area contributed by atoms with Gasteiger partial charge in [0.15, 0.2) is 5.75 Å². The minimum Gasteiger partial charge on any atom is -0.486 e. The number of aryl methyl sites for hydroxylation is 1. The van der Waals surface area contributed by atoms with Crippen LogP contribution in [0.1, 0.15) is 40.0 Å². The standard InChI is InChI=1S/C13H25N3O/c1-4-6-7-8-14-9-12(3)17-13-10-15-16(5-2)11-13/h10-12,14H,4-9H2,1-3H3. The van der Waals surface area contributed by atoms with E-state index in [9.17, 15) is 0 Å². The van der Waals surface area contributed by atoms with Gasteiger partial charge in [0.1, 0.15) is 6.10 Å². The van der Waals surface area contributed by atoms with Crippen LogP contribution in [0.15, 0.2) is 12.4 Å². The van der Waals surface area contributed by atoms with Crippen LogP contribution in [0.3, 0.4) is 0 Å². The average molecular weight is 239 g/mol. The largest absolute Gasteiger partial charge is 0.486 e. The van der Waals surface area contributed by atoms with Crippen LogP contribution in [-0.4, -0.2) is 29.0 Å². The van der Waals surface area contributed by atoms with Crippen molar-refractivity contribution in [3.8, 4) is 5.75 Å². The van der Waals surface area contributed by atoms with E-state index in [0.717, 1.165) is 25.4 Å². The lowest BCUT2D eigenvalue weighted by molar-refractivity contribution is 0.217. The fourth-order valence-corrected chi connectivity index (χ4v) is 1.66. The van der Waals surface area contributed by atoms with Crippen LogP contribution in [0.4, 0.5) is 0 Å². The number of ether oxygens (including phenoxy) is 1. The molecule has 17 heavy (non-hydrogen) atoms. The molecule has 98 valence electrons. The lowest BCUT2D eigenvalue weighted by Crippen LogP contribution is -2.29. The van der Waals surface area contributed by atoms with Gasteiger partial charge in [-0.2, -0.15) is 5.10 Å². The second-order valence-corrected chi connectivity index (χ2v) is 4.37.